The second-order valence-electron chi connectivity index (χ2n) is 4.03. The molecule has 0 aliphatic rings. The molecule has 0 saturated heterocycles. The molecule has 2 amide bonds. The number of benzene rings is 1. The number of primary amides is 2. The number of rotatable bonds is 7. The molecule has 7 heteroatoms. The van der Waals surface area contributed by atoms with Gasteiger partial charge in [0.25, 0.3) is 0 Å². The number of nitrogens with zero attached hydrogens (tertiary/aromatic N) is 1. The first-order valence-corrected chi connectivity index (χ1v) is 6.33. The molecule has 1 rings (SSSR count). The highest BCUT2D eigenvalue weighted by Crippen LogP contribution is 2.24. The minimum atomic E-state index is -0.518. The fourth-order valence-corrected chi connectivity index (χ4v) is 2.13. The topological polar surface area (TPSA) is 98.7 Å². The summed E-state index contributed by atoms with van der Waals surface area (Å²) in [7, 11) is 1.55. The monoisotopic (exact) mass is 329 g/mol. The van der Waals surface area contributed by atoms with Crippen molar-refractivity contribution in [1.82, 2.24) is 4.90 Å². The number of nitrogens with two attached hydrogens (primary N) is 2. The van der Waals surface area contributed by atoms with Gasteiger partial charge in [0.15, 0.2) is 0 Å². The second-order valence-corrected chi connectivity index (χ2v) is 4.95. The van der Waals surface area contributed by atoms with Crippen LogP contribution in [0.4, 0.5) is 0 Å². The molecule has 0 aromatic heterocycles. The van der Waals surface area contributed by atoms with E-state index in [4.69, 9.17) is 16.2 Å². The number of carbonyl (C=O) groups is 2. The molecule has 0 heterocycles. The van der Waals surface area contributed by atoms with E-state index in [1.165, 1.54) is 0 Å². The molecule has 0 fully saturated rings. The van der Waals surface area contributed by atoms with Gasteiger partial charge in [-0.2, -0.15) is 0 Å². The highest BCUT2D eigenvalue weighted by molar-refractivity contribution is 9.10. The van der Waals surface area contributed by atoms with Crippen molar-refractivity contribution in [3.8, 4) is 5.75 Å². The molecule has 104 valence electrons. The van der Waals surface area contributed by atoms with Crippen molar-refractivity contribution in [3.05, 3.63) is 28.2 Å². The van der Waals surface area contributed by atoms with Crippen molar-refractivity contribution >= 4 is 27.7 Å². The lowest BCUT2D eigenvalue weighted by Crippen LogP contribution is -2.39. The zero-order valence-electron chi connectivity index (χ0n) is 10.6. The van der Waals surface area contributed by atoms with Crippen LogP contribution in [0.2, 0.25) is 0 Å². The van der Waals surface area contributed by atoms with Crippen LogP contribution >= 0.6 is 15.9 Å². The number of hydrogen-bond donors (Lipinski definition) is 2. The summed E-state index contributed by atoms with van der Waals surface area (Å²) in [4.78, 5) is 23.5. The van der Waals surface area contributed by atoms with Gasteiger partial charge in [0.1, 0.15) is 5.75 Å². The van der Waals surface area contributed by atoms with E-state index in [-0.39, 0.29) is 13.1 Å². The number of hydrogen-bond acceptors (Lipinski definition) is 4. The van der Waals surface area contributed by atoms with E-state index in [1.54, 1.807) is 18.1 Å². The Morgan fingerprint density at radius 3 is 2.32 bits per heavy atom. The Bertz CT molecular complexity index is 463. The zero-order valence-corrected chi connectivity index (χ0v) is 12.1. The lowest BCUT2D eigenvalue weighted by atomic mass is 10.2. The smallest absolute Gasteiger partial charge is 0.231 e. The average molecular weight is 330 g/mol. The summed E-state index contributed by atoms with van der Waals surface area (Å²) in [5, 5.41) is 0. The van der Waals surface area contributed by atoms with Gasteiger partial charge in [-0.3, -0.25) is 14.5 Å². The third-order valence-corrected chi connectivity index (χ3v) is 2.89. The lowest BCUT2D eigenvalue weighted by Gasteiger charge is -2.20. The highest BCUT2D eigenvalue weighted by atomic mass is 79.9. The van der Waals surface area contributed by atoms with Gasteiger partial charge in [-0.1, -0.05) is 15.9 Å². The predicted molar refractivity (Wildman–Crippen MR) is 74.4 cm³/mol. The molecule has 0 aliphatic carbocycles. The summed E-state index contributed by atoms with van der Waals surface area (Å²) in [6.07, 6.45) is 0. The molecule has 19 heavy (non-hydrogen) atoms. The number of methoxy groups -OCH3 is 1. The predicted octanol–water partition coefficient (Wildman–Crippen LogP) is 0.230. The largest absolute Gasteiger partial charge is 0.496 e. The van der Waals surface area contributed by atoms with Gasteiger partial charge in [0.2, 0.25) is 11.8 Å². The van der Waals surface area contributed by atoms with Gasteiger partial charge in [-0.15, -0.1) is 0 Å². The zero-order chi connectivity index (χ0) is 14.4. The minimum Gasteiger partial charge on any atom is -0.496 e. The fourth-order valence-electron chi connectivity index (χ4n) is 1.72. The van der Waals surface area contributed by atoms with E-state index in [1.807, 2.05) is 12.1 Å². The van der Waals surface area contributed by atoms with E-state index < -0.39 is 11.8 Å². The first-order valence-electron chi connectivity index (χ1n) is 5.53. The van der Waals surface area contributed by atoms with Crippen LogP contribution in [0.15, 0.2) is 22.7 Å². The average Bonchev–Trinajstić information content (AvgIpc) is 2.27. The van der Waals surface area contributed by atoms with Crippen molar-refractivity contribution in [2.75, 3.05) is 20.2 Å². The standard InChI is InChI=1S/C12H16BrN3O3/c1-19-10-3-2-9(13)4-8(10)5-16(6-11(14)17)7-12(15)18/h2-4H,5-7H2,1H3,(H2,14,17)(H2,15,18). The van der Waals surface area contributed by atoms with E-state index in [2.05, 4.69) is 15.9 Å². The van der Waals surface area contributed by atoms with Gasteiger partial charge in [0, 0.05) is 16.6 Å². The molecule has 0 radical (unpaired) electrons. The van der Waals surface area contributed by atoms with Crippen molar-refractivity contribution in [2.45, 2.75) is 6.54 Å². The maximum Gasteiger partial charge on any atom is 0.231 e. The van der Waals surface area contributed by atoms with Crippen LogP contribution in [-0.2, 0) is 16.1 Å². The Kier molecular flexibility index (Phi) is 5.78. The maximum atomic E-state index is 11.0. The Hall–Kier alpha value is -1.60. The van der Waals surface area contributed by atoms with Gasteiger partial charge in [-0.05, 0) is 18.2 Å². The summed E-state index contributed by atoms with van der Waals surface area (Å²) in [5.41, 5.74) is 11.1. The summed E-state index contributed by atoms with van der Waals surface area (Å²) in [5.74, 6) is -0.368. The van der Waals surface area contributed by atoms with E-state index in [9.17, 15) is 9.59 Å². The molecule has 0 unspecified atom stereocenters. The van der Waals surface area contributed by atoms with Crippen LogP contribution in [0.1, 0.15) is 5.56 Å². The van der Waals surface area contributed by atoms with Crippen molar-refractivity contribution < 1.29 is 14.3 Å². The second kappa shape index (κ2) is 7.10. The van der Waals surface area contributed by atoms with E-state index >= 15 is 0 Å². The number of halogens is 1. The van der Waals surface area contributed by atoms with E-state index in [0.29, 0.717) is 12.3 Å². The third kappa shape index (κ3) is 5.27. The fraction of sp³-hybridized carbons (Fsp3) is 0.333. The Balaban J connectivity index is 2.90. The molecule has 0 aliphatic heterocycles. The van der Waals surface area contributed by atoms with Crippen LogP contribution in [0.5, 0.6) is 5.75 Å². The molecule has 0 spiro atoms. The normalized spacial score (nSPS) is 10.5. The molecule has 0 bridgehead atoms. The van der Waals surface area contributed by atoms with Crippen LogP contribution in [0, 0.1) is 0 Å². The number of carbonyl (C=O) groups excluding carboxylic acids is 2. The molecule has 1 aromatic rings. The van der Waals surface area contributed by atoms with E-state index in [0.717, 1.165) is 10.0 Å². The summed E-state index contributed by atoms with van der Waals surface area (Å²) >= 11 is 3.36. The quantitative estimate of drug-likeness (QED) is 0.748. The van der Waals surface area contributed by atoms with Crippen LogP contribution < -0.4 is 16.2 Å². The van der Waals surface area contributed by atoms with Gasteiger partial charge < -0.3 is 16.2 Å². The van der Waals surface area contributed by atoms with Crippen molar-refractivity contribution in [2.24, 2.45) is 11.5 Å². The van der Waals surface area contributed by atoms with Gasteiger partial charge in [0.05, 0.1) is 20.2 Å². The third-order valence-electron chi connectivity index (χ3n) is 2.40. The van der Waals surface area contributed by atoms with Gasteiger partial charge >= 0.3 is 0 Å². The highest BCUT2D eigenvalue weighted by Gasteiger charge is 2.14. The summed E-state index contributed by atoms with van der Waals surface area (Å²) in [6, 6.07) is 5.49. The molecular weight excluding hydrogens is 314 g/mol. The number of amides is 2. The van der Waals surface area contributed by atoms with Crippen molar-refractivity contribution in [1.29, 1.82) is 0 Å². The molecule has 4 N–H and O–H groups in total. The van der Waals surface area contributed by atoms with Gasteiger partial charge in [-0.25, -0.2) is 0 Å². The summed E-state index contributed by atoms with van der Waals surface area (Å²) in [6.45, 7) is 0.256. The lowest BCUT2D eigenvalue weighted by molar-refractivity contribution is -0.122. The maximum absolute atomic E-state index is 11.0. The van der Waals surface area contributed by atoms with Crippen LogP contribution in [-0.4, -0.2) is 36.9 Å². The number of ether oxygens (including phenoxy) is 1. The Morgan fingerprint density at radius 1 is 1.26 bits per heavy atom. The Morgan fingerprint density at radius 2 is 1.84 bits per heavy atom. The molecule has 1 aromatic carbocycles. The van der Waals surface area contributed by atoms with Crippen LogP contribution in [0.25, 0.3) is 0 Å². The van der Waals surface area contributed by atoms with Crippen molar-refractivity contribution in [3.63, 3.8) is 0 Å². The van der Waals surface area contributed by atoms with Crippen LogP contribution in [0.3, 0.4) is 0 Å². The first-order chi connectivity index (χ1) is 8.92. The first kappa shape index (κ1) is 15.5. The molecule has 6 nitrogen and oxygen atoms in total. The molecular formula is C12H16BrN3O3. The molecule has 0 saturated carbocycles. The summed E-state index contributed by atoms with van der Waals surface area (Å²) < 4.78 is 6.11. The SMILES string of the molecule is COc1ccc(Br)cc1CN(CC(N)=O)CC(N)=O. The Labute approximate surface area is 119 Å². The molecule has 0 atom stereocenters. The minimum absolute atomic E-state index is 0.0430.